The van der Waals surface area contributed by atoms with Crippen LogP contribution < -0.4 is 0 Å². The summed E-state index contributed by atoms with van der Waals surface area (Å²) >= 11 is 0. The maximum atomic E-state index is 8.26. The van der Waals surface area contributed by atoms with E-state index < -0.39 is 0 Å². The fourth-order valence-corrected chi connectivity index (χ4v) is 0.316. The molecule has 0 spiro atoms. The van der Waals surface area contributed by atoms with Gasteiger partial charge in [-0.05, 0) is 13.0 Å². The molecule has 0 N–H and O–H groups in total. The topological polar surface area (TPSA) is 23.8 Å². The predicted molar refractivity (Wildman–Crippen MR) is 54.7 cm³/mol. The highest BCUT2D eigenvalue weighted by atomic mass is 14.2. The van der Waals surface area contributed by atoms with Crippen molar-refractivity contribution in [3.63, 3.8) is 0 Å². The first-order valence-electron chi connectivity index (χ1n) is 4.08. The van der Waals surface area contributed by atoms with Crippen LogP contribution in [-0.4, -0.2) is 0 Å². The number of nitriles is 1. The summed E-state index contributed by atoms with van der Waals surface area (Å²) in [6.45, 7) is 9.49. The van der Waals surface area contributed by atoms with Crippen LogP contribution in [0.3, 0.4) is 0 Å². The lowest BCUT2D eigenvalue weighted by atomic mass is 10.3. The second-order valence-electron chi connectivity index (χ2n) is 2.29. The molecule has 0 amide bonds. The Bertz CT molecular complexity index is 192. The quantitative estimate of drug-likeness (QED) is 0.450. The van der Waals surface area contributed by atoms with E-state index in [-0.39, 0.29) is 0 Å². The van der Waals surface area contributed by atoms with Crippen molar-refractivity contribution >= 4 is 0 Å². The van der Waals surface area contributed by atoms with Gasteiger partial charge in [0.05, 0.1) is 6.07 Å². The average Bonchev–Trinajstić information content (AvgIpc) is 2.06. The Balaban J connectivity index is 0. The summed E-state index contributed by atoms with van der Waals surface area (Å²) in [5.41, 5.74) is 0.702. The third-order valence-electron chi connectivity index (χ3n) is 0.770. The minimum Gasteiger partial charge on any atom is -0.193 e. The molecular weight excluding hydrogens is 146 g/mol. The lowest BCUT2D eigenvalue weighted by Gasteiger charge is -1.75. The Kier molecular flexibility index (Phi) is 13.7. The van der Waals surface area contributed by atoms with E-state index in [9.17, 15) is 0 Å². The zero-order chi connectivity index (χ0) is 9.82. The van der Waals surface area contributed by atoms with E-state index >= 15 is 0 Å². The average molecular weight is 163 g/mol. The van der Waals surface area contributed by atoms with E-state index in [4.69, 9.17) is 5.26 Å². The van der Waals surface area contributed by atoms with Crippen molar-refractivity contribution < 1.29 is 0 Å². The summed E-state index contributed by atoms with van der Waals surface area (Å²) in [6, 6.07) is 2.00. The van der Waals surface area contributed by atoms with E-state index in [1.54, 1.807) is 31.2 Å². The molecule has 0 saturated carbocycles. The van der Waals surface area contributed by atoms with Crippen molar-refractivity contribution in [2.24, 2.45) is 0 Å². The minimum absolute atomic E-state index is 0.702. The van der Waals surface area contributed by atoms with Gasteiger partial charge in [-0.3, -0.25) is 0 Å². The lowest BCUT2D eigenvalue weighted by Crippen LogP contribution is -1.61. The Morgan fingerprint density at radius 1 is 1.42 bits per heavy atom. The van der Waals surface area contributed by atoms with Crippen molar-refractivity contribution in [3.05, 3.63) is 36.5 Å². The van der Waals surface area contributed by atoms with Crippen LogP contribution >= 0.6 is 0 Å². The van der Waals surface area contributed by atoms with Crippen LogP contribution in [0.25, 0.3) is 0 Å². The van der Waals surface area contributed by atoms with Crippen molar-refractivity contribution in [3.8, 4) is 6.07 Å². The van der Waals surface area contributed by atoms with Crippen LogP contribution in [0.5, 0.6) is 0 Å². The molecule has 66 valence electrons. The number of hydrogen-bond acceptors (Lipinski definition) is 1. The van der Waals surface area contributed by atoms with Gasteiger partial charge in [-0.2, -0.15) is 5.26 Å². The number of nitrogens with zero attached hydrogens (tertiary/aromatic N) is 1. The molecule has 0 atom stereocenters. The number of rotatable bonds is 2. The number of hydrogen-bond donors (Lipinski definition) is 0. The Hall–Kier alpha value is -1.29. The van der Waals surface area contributed by atoms with Crippen LogP contribution in [0.2, 0.25) is 0 Å². The Labute approximate surface area is 75.7 Å². The fourth-order valence-electron chi connectivity index (χ4n) is 0.316. The van der Waals surface area contributed by atoms with Crippen LogP contribution in [-0.2, 0) is 0 Å². The highest BCUT2D eigenvalue weighted by molar-refractivity contribution is 5.24. The summed E-state index contributed by atoms with van der Waals surface area (Å²) in [5.74, 6) is 0. The molecule has 0 aromatic carbocycles. The zero-order valence-corrected chi connectivity index (χ0v) is 8.17. The van der Waals surface area contributed by atoms with Gasteiger partial charge in [0.15, 0.2) is 0 Å². The third kappa shape index (κ3) is 15.9. The first-order chi connectivity index (χ1) is 5.72. The van der Waals surface area contributed by atoms with Gasteiger partial charge in [0.1, 0.15) is 0 Å². The summed E-state index contributed by atoms with van der Waals surface area (Å²) in [4.78, 5) is 0. The molecule has 0 aliphatic heterocycles. The molecule has 0 fully saturated rings. The first kappa shape index (κ1) is 13.3. The van der Waals surface area contributed by atoms with Gasteiger partial charge in [-0.1, -0.05) is 45.1 Å². The molecular formula is C11H17N. The molecule has 1 nitrogen and oxygen atoms in total. The lowest BCUT2D eigenvalue weighted by molar-refractivity contribution is 1.09. The number of allylic oxidation sites excluding steroid dienone is 5. The predicted octanol–water partition coefficient (Wildman–Crippen LogP) is 3.61. The van der Waals surface area contributed by atoms with E-state index in [0.717, 1.165) is 0 Å². The van der Waals surface area contributed by atoms with Gasteiger partial charge < -0.3 is 0 Å². The SMILES string of the molecule is C=C/C=C\C=C(/C)C#N.CCC. The summed E-state index contributed by atoms with van der Waals surface area (Å²) in [6.07, 6.45) is 8.22. The van der Waals surface area contributed by atoms with Gasteiger partial charge in [-0.25, -0.2) is 0 Å². The first-order valence-corrected chi connectivity index (χ1v) is 4.08. The van der Waals surface area contributed by atoms with Crippen LogP contribution in [0.4, 0.5) is 0 Å². The molecule has 0 aliphatic carbocycles. The standard InChI is InChI=1S/C8H9N.C3H8/c1-3-4-5-6-8(2)7-9;1-3-2/h3-6H,1H2,2H3;3H2,1-2H3/b5-4-,8-6+;. The highest BCUT2D eigenvalue weighted by Gasteiger charge is 1.74. The molecule has 12 heavy (non-hydrogen) atoms. The normalized spacial score (nSPS) is 10.0. The van der Waals surface area contributed by atoms with Crippen molar-refractivity contribution in [2.45, 2.75) is 27.2 Å². The van der Waals surface area contributed by atoms with Crippen molar-refractivity contribution in [1.82, 2.24) is 0 Å². The highest BCUT2D eigenvalue weighted by Crippen LogP contribution is 1.88. The van der Waals surface area contributed by atoms with Gasteiger partial charge in [0.2, 0.25) is 0 Å². The maximum absolute atomic E-state index is 8.26. The minimum atomic E-state index is 0.702. The second kappa shape index (κ2) is 12.4. The van der Waals surface area contributed by atoms with E-state index in [0.29, 0.717) is 5.57 Å². The Morgan fingerprint density at radius 3 is 2.25 bits per heavy atom. The van der Waals surface area contributed by atoms with Gasteiger partial charge in [-0.15, -0.1) is 0 Å². The van der Waals surface area contributed by atoms with Crippen LogP contribution in [0.1, 0.15) is 27.2 Å². The molecule has 0 aromatic heterocycles. The van der Waals surface area contributed by atoms with Crippen LogP contribution in [0.15, 0.2) is 36.5 Å². The van der Waals surface area contributed by atoms with E-state index in [1.165, 1.54) is 6.42 Å². The molecule has 1 heteroatoms. The maximum Gasteiger partial charge on any atom is 0.0944 e. The molecule has 0 bridgehead atoms. The molecule has 0 aromatic rings. The molecule has 0 unspecified atom stereocenters. The monoisotopic (exact) mass is 163 g/mol. The third-order valence-corrected chi connectivity index (χ3v) is 0.770. The van der Waals surface area contributed by atoms with E-state index in [2.05, 4.69) is 20.4 Å². The molecule has 0 radical (unpaired) electrons. The van der Waals surface area contributed by atoms with Gasteiger partial charge in [0.25, 0.3) is 0 Å². The van der Waals surface area contributed by atoms with Gasteiger partial charge >= 0.3 is 0 Å². The molecule has 0 aliphatic rings. The molecule has 0 rings (SSSR count). The van der Waals surface area contributed by atoms with Crippen molar-refractivity contribution in [1.29, 1.82) is 5.26 Å². The molecule has 0 heterocycles. The van der Waals surface area contributed by atoms with Crippen LogP contribution in [0, 0.1) is 11.3 Å². The van der Waals surface area contributed by atoms with Gasteiger partial charge in [0, 0.05) is 5.57 Å². The van der Waals surface area contributed by atoms with Crippen molar-refractivity contribution in [2.75, 3.05) is 0 Å². The smallest absolute Gasteiger partial charge is 0.0944 e. The Morgan fingerprint density at radius 2 is 1.92 bits per heavy atom. The molecule has 0 saturated heterocycles. The summed E-state index contributed by atoms with van der Waals surface area (Å²) in [5, 5.41) is 8.26. The summed E-state index contributed by atoms with van der Waals surface area (Å²) in [7, 11) is 0. The second-order valence-corrected chi connectivity index (χ2v) is 2.29. The summed E-state index contributed by atoms with van der Waals surface area (Å²) < 4.78 is 0. The zero-order valence-electron chi connectivity index (χ0n) is 8.17. The largest absolute Gasteiger partial charge is 0.193 e. The van der Waals surface area contributed by atoms with E-state index in [1.807, 2.05) is 6.07 Å². The fraction of sp³-hybridized carbons (Fsp3) is 0.364.